The zero-order chi connectivity index (χ0) is 13.0. The SMILES string of the molecule is CC(C)Nc1cccc(-c2ccc(C#N)cc2)c1. The third-order valence-electron chi connectivity index (χ3n) is 2.67. The molecule has 2 rings (SSSR count). The third kappa shape index (κ3) is 2.89. The zero-order valence-electron chi connectivity index (χ0n) is 10.6. The number of benzene rings is 2. The molecule has 0 aliphatic heterocycles. The summed E-state index contributed by atoms with van der Waals surface area (Å²) in [5.74, 6) is 0. The molecular formula is C16H16N2. The number of anilines is 1. The van der Waals surface area contributed by atoms with Crippen molar-refractivity contribution in [2.75, 3.05) is 5.32 Å². The fourth-order valence-corrected chi connectivity index (χ4v) is 1.86. The molecule has 0 unspecified atom stereocenters. The Bertz CT molecular complexity index is 562. The van der Waals surface area contributed by atoms with Crippen LogP contribution in [0, 0.1) is 11.3 Å². The molecule has 1 N–H and O–H groups in total. The summed E-state index contributed by atoms with van der Waals surface area (Å²) in [5.41, 5.74) is 4.09. The number of hydrogen-bond acceptors (Lipinski definition) is 2. The van der Waals surface area contributed by atoms with Crippen LogP contribution in [0.3, 0.4) is 0 Å². The van der Waals surface area contributed by atoms with Gasteiger partial charge in [-0.1, -0.05) is 24.3 Å². The summed E-state index contributed by atoms with van der Waals surface area (Å²) in [6, 6.07) is 18.5. The molecule has 18 heavy (non-hydrogen) atoms. The Hall–Kier alpha value is -2.27. The monoisotopic (exact) mass is 236 g/mol. The Labute approximate surface area is 108 Å². The predicted octanol–water partition coefficient (Wildman–Crippen LogP) is 4.05. The number of nitriles is 1. The number of rotatable bonds is 3. The predicted molar refractivity (Wildman–Crippen MR) is 75.4 cm³/mol. The van der Waals surface area contributed by atoms with Crippen LogP contribution in [0.5, 0.6) is 0 Å². The molecule has 2 heteroatoms. The highest BCUT2D eigenvalue weighted by Crippen LogP contribution is 2.23. The maximum Gasteiger partial charge on any atom is 0.0991 e. The lowest BCUT2D eigenvalue weighted by atomic mass is 10.0. The van der Waals surface area contributed by atoms with E-state index in [-0.39, 0.29) is 0 Å². The standard InChI is InChI=1S/C16H16N2/c1-12(2)18-16-5-3-4-15(10-16)14-8-6-13(11-17)7-9-14/h3-10,12,18H,1-2H3. The molecule has 0 aliphatic rings. The lowest BCUT2D eigenvalue weighted by Crippen LogP contribution is -2.09. The first-order valence-electron chi connectivity index (χ1n) is 6.06. The molecular weight excluding hydrogens is 220 g/mol. The van der Waals surface area contributed by atoms with E-state index in [4.69, 9.17) is 5.26 Å². The van der Waals surface area contributed by atoms with Crippen molar-refractivity contribution in [3.05, 3.63) is 54.1 Å². The molecule has 0 aliphatic carbocycles. The molecule has 0 heterocycles. The van der Waals surface area contributed by atoms with Gasteiger partial charge in [0.05, 0.1) is 11.6 Å². The van der Waals surface area contributed by atoms with Crippen molar-refractivity contribution in [2.24, 2.45) is 0 Å². The van der Waals surface area contributed by atoms with Gasteiger partial charge in [0.1, 0.15) is 0 Å². The second-order valence-electron chi connectivity index (χ2n) is 4.57. The summed E-state index contributed by atoms with van der Waals surface area (Å²) in [4.78, 5) is 0. The quantitative estimate of drug-likeness (QED) is 0.872. The summed E-state index contributed by atoms with van der Waals surface area (Å²) in [6.45, 7) is 4.24. The van der Waals surface area contributed by atoms with E-state index in [1.54, 1.807) is 0 Å². The van der Waals surface area contributed by atoms with Crippen molar-refractivity contribution in [2.45, 2.75) is 19.9 Å². The minimum absolute atomic E-state index is 0.418. The van der Waals surface area contributed by atoms with Crippen LogP contribution < -0.4 is 5.32 Å². The smallest absolute Gasteiger partial charge is 0.0991 e. The van der Waals surface area contributed by atoms with Crippen molar-refractivity contribution in [3.8, 4) is 17.2 Å². The lowest BCUT2D eigenvalue weighted by Gasteiger charge is -2.11. The zero-order valence-corrected chi connectivity index (χ0v) is 10.6. The van der Waals surface area contributed by atoms with Crippen LogP contribution in [-0.4, -0.2) is 6.04 Å². The number of nitrogens with zero attached hydrogens (tertiary/aromatic N) is 1. The van der Waals surface area contributed by atoms with Crippen LogP contribution in [0.25, 0.3) is 11.1 Å². The normalized spacial score (nSPS) is 10.1. The maximum absolute atomic E-state index is 8.78. The van der Waals surface area contributed by atoms with E-state index in [2.05, 4.69) is 43.4 Å². The molecule has 2 aromatic carbocycles. The molecule has 2 nitrogen and oxygen atoms in total. The molecule has 0 aromatic heterocycles. The van der Waals surface area contributed by atoms with E-state index in [0.717, 1.165) is 16.8 Å². The van der Waals surface area contributed by atoms with Gasteiger partial charge in [-0.05, 0) is 49.2 Å². The van der Waals surface area contributed by atoms with Crippen LogP contribution in [0.15, 0.2) is 48.5 Å². The van der Waals surface area contributed by atoms with Gasteiger partial charge in [0.25, 0.3) is 0 Å². The van der Waals surface area contributed by atoms with Gasteiger partial charge in [0.15, 0.2) is 0 Å². The molecule has 0 fully saturated rings. The molecule has 0 bridgehead atoms. The molecule has 0 amide bonds. The van der Waals surface area contributed by atoms with Crippen LogP contribution in [0.2, 0.25) is 0 Å². The highest BCUT2D eigenvalue weighted by molar-refractivity contribution is 5.68. The van der Waals surface area contributed by atoms with Gasteiger partial charge in [-0.2, -0.15) is 5.26 Å². The Morgan fingerprint density at radius 2 is 1.72 bits per heavy atom. The van der Waals surface area contributed by atoms with Crippen molar-refractivity contribution < 1.29 is 0 Å². The molecule has 0 atom stereocenters. The van der Waals surface area contributed by atoms with E-state index < -0.39 is 0 Å². The Kier molecular flexibility index (Phi) is 3.64. The summed E-state index contributed by atoms with van der Waals surface area (Å²) >= 11 is 0. The molecule has 2 aromatic rings. The minimum Gasteiger partial charge on any atom is -0.383 e. The van der Waals surface area contributed by atoms with E-state index >= 15 is 0 Å². The van der Waals surface area contributed by atoms with E-state index in [0.29, 0.717) is 11.6 Å². The van der Waals surface area contributed by atoms with Gasteiger partial charge in [-0.3, -0.25) is 0 Å². The molecule has 0 radical (unpaired) electrons. The first-order chi connectivity index (χ1) is 8.69. The summed E-state index contributed by atoms with van der Waals surface area (Å²) < 4.78 is 0. The minimum atomic E-state index is 0.418. The Morgan fingerprint density at radius 3 is 2.33 bits per heavy atom. The van der Waals surface area contributed by atoms with Crippen molar-refractivity contribution >= 4 is 5.69 Å². The third-order valence-corrected chi connectivity index (χ3v) is 2.67. The van der Waals surface area contributed by atoms with Gasteiger partial charge in [0, 0.05) is 11.7 Å². The van der Waals surface area contributed by atoms with Crippen LogP contribution in [0.1, 0.15) is 19.4 Å². The first-order valence-corrected chi connectivity index (χ1v) is 6.06. The molecule has 0 saturated carbocycles. The van der Waals surface area contributed by atoms with Crippen LogP contribution in [0.4, 0.5) is 5.69 Å². The average molecular weight is 236 g/mol. The van der Waals surface area contributed by atoms with Gasteiger partial charge in [-0.25, -0.2) is 0 Å². The van der Waals surface area contributed by atoms with Crippen LogP contribution in [-0.2, 0) is 0 Å². The average Bonchev–Trinajstić information content (AvgIpc) is 2.38. The van der Waals surface area contributed by atoms with Crippen molar-refractivity contribution in [3.63, 3.8) is 0 Å². The summed E-state index contributed by atoms with van der Waals surface area (Å²) in [5, 5.41) is 12.2. The Balaban J connectivity index is 2.29. The highest BCUT2D eigenvalue weighted by atomic mass is 14.9. The van der Waals surface area contributed by atoms with Crippen LogP contribution >= 0.6 is 0 Å². The Morgan fingerprint density at radius 1 is 1.00 bits per heavy atom. The number of nitrogens with one attached hydrogen (secondary N) is 1. The van der Waals surface area contributed by atoms with Gasteiger partial charge in [-0.15, -0.1) is 0 Å². The van der Waals surface area contributed by atoms with E-state index in [9.17, 15) is 0 Å². The van der Waals surface area contributed by atoms with Gasteiger partial charge >= 0.3 is 0 Å². The topological polar surface area (TPSA) is 35.8 Å². The molecule has 0 saturated heterocycles. The van der Waals surface area contributed by atoms with Crippen molar-refractivity contribution in [1.82, 2.24) is 0 Å². The lowest BCUT2D eigenvalue weighted by molar-refractivity contribution is 0.900. The second-order valence-corrected chi connectivity index (χ2v) is 4.57. The summed E-state index contributed by atoms with van der Waals surface area (Å²) in [7, 11) is 0. The van der Waals surface area contributed by atoms with Gasteiger partial charge in [0.2, 0.25) is 0 Å². The fourth-order valence-electron chi connectivity index (χ4n) is 1.86. The summed E-state index contributed by atoms with van der Waals surface area (Å²) in [6.07, 6.45) is 0. The maximum atomic E-state index is 8.78. The van der Waals surface area contributed by atoms with E-state index in [1.165, 1.54) is 0 Å². The molecule has 0 spiro atoms. The number of hydrogen-bond donors (Lipinski definition) is 1. The highest BCUT2D eigenvalue weighted by Gasteiger charge is 2.00. The fraction of sp³-hybridized carbons (Fsp3) is 0.188. The largest absolute Gasteiger partial charge is 0.383 e. The van der Waals surface area contributed by atoms with E-state index in [1.807, 2.05) is 30.3 Å². The van der Waals surface area contributed by atoms with Gasteiger partial charge < -0.3 is 5.32 Å². The second kappa shape index (κ2) is 5.37. The first kappa shape index (κ1) is 12.2. The molecule has 90 valence electrons. The van der Waals surface area contributed by atoms with Crippen molar-refractivity contribution in [1.29, 1.82) is 5.26 Å².